The van der Waals surface area contributed by atoms with Gasteiger partial charge in [0.1, 0.15) is 4.90 Å². The zero-order chi connectivity index (χ0) is 21.1. The molecule has 2 aromatic rings. The van der Waals surface area contributed by atoms with Gasteiger partial charge in [-0.2, -0.15) is 13.2 Å². The third kappa shape index (κ3) is 4.90. The summed E-state index contributed by atoms with van der Waals surface area (Å²) >= 11 is 5.96. The van der Waals surface area contributed by atoms with E-state index >= 15 is 0 Å². The van der Waals surface area contributed by atoms with Gasteiger partial charge in [0.2, 0.25) is 9.84 Å². The number of benzene rings is 2. The number of sulfone groups is 1. The Balaban J connectivity index is 2.23. The van der Waals surface area contributed by atoms with E-state index in [-0.39, 0.29) is 26.8 Å². The number of alkyl halides is 3. The van der Waals surface area contributed by atoms with Gasteiger partial charge >= 0.3 is 12.1 Å². The van der Waals surface area contributed by atoms with Crippen LogP contribution in [0, 0.1) is 0 Å². The van der Waals surface area contributed by atoms with Crippen LogP contribution in [-0.4, -0.2) is 32.8 Å². The Bertz CT molecular complexity index is 989. The van der Waals surface area contributed by atoms with Crippen molar-refractivity contribution in [1.82, 2.24) is 5.32 Å². The van der Waals surface area contributed by atoms with E-state index in [0.717, 1.165) is 0 Å². The molecule has 2 aromatic carbocycles. The van der Waals surface area contributed by atoms with Crippen molar-refractivity contribution in [3.63, 3.8) is 0 Å². The molecule has 0 bridgehead atoms. The van der Waals surface area contributed by atoms with Gasteiger partial charge in [-0.1, -0.05) is 35.9 Å². The van der Waals surface area contributed by atoms with Gasteiger partial charge in [0.15, 0.2) is 6.29 Å². The van der Waals surface area contributed by atoms with Crippen molar-refractivity contribution in [3.8, 4) is 0 Å². The highest BCUT2D eigenvalue weighted by Gasteiger charge is 2.39. The van der Waals surface area contributed by atoms with Crippen LogP contribution in [0.4, 0.5) is 13.2 Å². The maximum absolute atomic E-state index is 12.8. The zero-order valence-electron chi connectivity index (χ0n) is 14.5. The van der Waals surface area contributed by atoms with Crippen molar-refractivity contribution in [2.45, 2.75) is 35.4 Å². The van der Waals surface area contributed by atoms with E-state index in [1.54, 1.807) is 0 Å². The predicted molar refractivity (Wildman–Crippen MR) is 96.1 cm³/mol. The van der Waals surface area contributed by atoms with Crippen molar-refractivity contribution in [2.24, 2.45) is 0 Å². The summed E-state index contributed by atoms with van der Waals surface area (Å²) in [6.07, 6.45) is -4.52. The van der Waals surface area contributed by atoms with Gasteiger partial charge in [-0.25, -0.2) is 8.42 Å². The Morgan fingerprint density at radius 1 is 1.18 bits per heavy atom. The number of hydrogen-bond donors (Lipinski definition) is 1. The van der Waals surface area contributed by atoms with Crippen molar-refractivity contribution in [3.05, 3.63) is 58.6 Å². The number of aldehydes is 1. The third-order valence-electron chi connectivity index (χ3n) is 3.80. The second-order valence-electron chi connectivity index (χ2n) is 6.00. The average Bonchev–Trinajstić information content (AvgIpc) is 2.60. The quantitative estimate of drug-likeness (QED) is 0.706. The number of hydrogen-bond acceptors (Lipinski definition) is 4. The van der Waals surface area contributed by atoms with Gasteiger partial charge in [0.05, 0.1) is 9.92 Å². The highest BCUT2D eigenvalue weighted by Crippen LogP contribution is 2.30. The van der Waals surface area contributed by atoms with Crippen molar-refractivity contribution in [1.29, 1.82) is 0 Å². The maximum atomic E-state index is 12.8. The first-order valence-corrected chi connectivity index (χ1v) is 9.78. The first-order valence-electron chi connectivity index (χ1n) is 7.92. The molecule has 1 atom stereocenters. The lowest BCUT2D eigenvalue weighted by molar-refractivity contribution is -0.174. The minimum atomic E-state index is -4.97. The maximum Gasteiger partial charge on any atom is 0.471 e. The van der Waals surface area contributed by atoms with Crippen LogP contribution in [0.25, 0.3) is 0 Å². The van der Waals surface area contributed by atoms with Gasteiger partial charge in [0.25, 0.3) is 0 Å². The molecule has 0 heterocycles. The molecular formula is C18H15ClF3NO4S. The van der Waals surface area contributed by atoms with Gasteiger partial charge < -0.3 is 5.32 Å². The summed E-state index contributed by atoms with van der Waals surface area (Å²) in [5, 5.41) is 1.72. The molecule has 150 valence electrons. The molecule has 10 heteroatoms. The zero-order valence-corrected chi connectivity index (χ0v) is 16.0. The minimum Gasteiger partial charge on any atom is -0.345 e. The summed E-state index contributed by atoms with van der Waals surface area (Å²) in [5.74, 6) is -2.04. The fourth-order valence-electron chi connectivity index (χ4n) is 2.53. The highest BCUT2D eigenvalue weighted by molar-refractivity contribution is 7.91. The number of rotatable bonds is 6. The van der Waals surface area contributed by atoms with Crippen LogP contribution in [0.2, 0.25) is 5.02 Å². The lowest BCUT2D eigenvalue weighted by atomic mass is 10.1. The Kier molecular flexibility index (Phi) is 6.51. The van der Waals surface area contributed by atoms with Crippen LogP contribution in [0.1, 0.15) is 22.8 Å². The van der Waals surface area contributed by atoms with E-state index in [9.17, 15) is 31.2 Å². The third-order valence-corrected chi connectivity index (χ3v) is 6.12. The minimum absolute atomic E-state index is 0.0633. The van der Waals surface area contributed by atoms with Crippen molar-refractivity contribution in [2.75, 3.05) is 0 Å². The summed E-state index contributed by atoms with van der Waals surface area (Å²) in [6, 6.07) is 8.67. The van der Waals surface area contributed by atoms with Gasteiger partial charge in [0, 0.05) is 11.6 Å². The predicted octanol–water partition coefficient (Wildman–Crippen LogP) is 3.59. The molecule has 0 saturated carbocycles. The molecule has 0 aliphatic heterocycles. The molecule has 0 aliphatic rings. The SMILES string of the molecule is CC(Cc1ccc(S(=O)(=O)c2c(Cl)cccc2C=O)cc1)NC(=O)C(F)(F)F. The van der Waals surface area contributed by atoms with Gasteiger partial charge in [-0.05, 0) is 37.1 Å². The van der Waals surface area contributed by atoms with Crippen LogP contribution < -0.4 is 5.32 Å². The summed E-state index contributed by atoms with van der Waals surface area (Å²) < 4.78 is 62.4. The second kappa shape index (κ2) is 8.32. The van der Waals surface area contributed by atoms with E-state index < -0.39 is 28.0 Å². The molecule has 0 radical (unpaired) electrons. The van der Waals surface area contributed by atoms with Crippen molar-refractivity contribution < 1.29 is 31.2 Å². The normalized spacial score (nSPS) is 13.0. The number of nitrogens with one attached hydrogen (secondary N) is 1. The largest absolute Gasteiger partial charge is 0.471 e. The highest BCUT2D eigenvalue weighted by atomic mass is 35.5. The lowest BCUT2D eigenvalue weighted by Gasteiger charge is -2.15. The Morgan fingerprint density at radius 3 is 2.32 bits per heavy atom. The molecule has 2 rings (SSSR count). The number of amides is 1. The lowest BCUT2D eigenvalue weighted by Crippen LogP contribution is -2.42. The topological polar surface area (TPSA) is 80.3 Å². The molecule has 0 aromatic heterocycles. The van der Waals surface area contributed by atoms with Crippen LogP contribution >= 0.6 is 11.6 Å². The molecule has 0 aliphatic carbocycles. The summed E-state index contributed by atoms with van der Waals surface area (Å²) in [7, 11) is -4.08. The molecule has 1 amide bonds. The molecule has 1 unspecified atom stereocenters. The first-order chi connectivity index (χ1) is 13.0. The summed E-state index contributed by atoms with van der Waals surface area (Å²) in [4.78, 5) is 21.7. The number of carbonyl (C=O) groups is 2. The van der Waals surface area contributed by atoms with E-state index in [1.807, 2.05) is 5.32 Å². The molecule has 0 spiro atoms. The molecule has 28 heavy (non-hydrogen) atoms. The van der Waals surface area contributed by atoms with Crippen LogP contribution in [-0.2, 0) is 21.1 Å². The smallest absolute Gasteiger partial charge is 0.345 e. The average molecular weight is 434 g/mol. The van der Waals surface area contributed by atoms with E-state index in [4.69, 9.17) is 11.6 Å². The molecule has 0 saturated heterocycles. The van der Waals surface area contributed by atoms with Gasteiger partial charge in [-0.3, -0.25) is 9.59 Å². The number of halogens is 4. The van der Waals surface area contributed by atoms with E-state index in [1.165, 1.54) is 49.4 Å². The Labute approximate surface area is 164 Å². The molecule has 5 nitrogen and oxygen atoms in total. The monoisotopic (exact) mass is 433 g/mol. The van der Waals surface area contributed by atoms with E-state index in [2.05, 4.69) is 0 Å². The van der Waals surface area contributed by atoms with Crippen molar-refractivity contribution >= 4 is 33.6 Å². The fourth-order valence-corrected chi connectivity index (χ4v) is 4.50. The summed E-state index contributed by atoms with van der Waals surface area (Å²) in [6.45, 7) is 1.40. The van der Waals surface area contributed by atoms with Gasteiger partial charge in [-0.15, -0.1) is 0 Å². The van der Waals surface area contributed by atoms with Crippen LogP contribution in [0.3, 0.4) is 0 Å². The number of carbonyl (C=O) groups excluding carboxylic acids is 2. The first kappa shape index (κ1) is 21.9. The second-order valence-corrected chi connectivity index (χ2v) is 8.29. The summed E-state index contributed by atoms with van der Waals surface area (Å²) in [5.41, 5.74) is 0.434. The molecule has 0 fully saturated rings. The van der Waals surface area contributed by atoms with Crippen LogP contribution in [0.15, 0.2) is 52.3 Å². The molecular weight excluding hydrogens is 419 g/mol. The fraction of sp³-hybridized carbons (Fsp3) is 0.222. The Hall–Kier alpha value is -2.39. The molecule has 1 N–H and O–H groups in total. The van der Waals surface area contributed by atoms with Crippen LogP contribution in [0.5, 0.6) is 0 Å². The standard InChI is InChI=1S/C18H15ClF3NO4S/c1-11(23-17(25)18(20,21)22)9-12-5-7-14(8-6-12)28(26,27)16-13(10-24)3-2-4-15(16)19/h2-8,10-11H,9H2,1H3,(H,23,25). The Morgan fingerprint density at radius 2 is 1.79 bits per heavy atom. The van der Waals surface area contributed by atoms with E-state index in [0.29, 0.717) is 11.8 Å².